The van der Waals surface area contributed by atoms with Gasteiger partial charge < -0.3 is 18.9 Å². The van der Waals surface area contributed by atoms with Crippen molar-refractivity contribution in [3.8, 4) is 0 Å². The number of ether oxygens (including phenoxy) is 4. The average Bonchev–Trinajstić information content (AvgIpc) is 2.79. The first-order chi connectivity index (χ1) is 16.1. The fourth-order valence-electron chi connectivity index (χ4n) is 4.30. The lowest BCUT2D eigenvalue weighted by Crippen LogP contribution is -2.30. The summed E-state index contributed by atoms with van der Waals surface area (Å²) in [4.78, 5) is 24.0. The summed E-state index contributed by atoms with van der Waals surface area (Å²) < 4.78 is 21.9. The normalized spacial score (nSPS) is 14.0. The number of methoxy groups -OCH3 is 2. The van der Waals surface area contributed by atoms with Crippen molar-refractivity contribution in [1.29, 1.82) is 0 Å². The number of hydrogen-bond acceptors (Lipinski definition) is 6. The van der Waals surface area contributed by atoms with E-state index in [2.05, 4.69) is 0 Å². The van der Waals surface area contributed by atoms with Crippen LogP contribution in [0.25, 0.3) is 0 Å². The molecule has 0 N–H and O–H groups in total. The van der Waals surface area contributed by atoms with Crippen LogP contribution < -0.4 is 0 Å². The first-order valence-corrected chi connectivity index (χ1v) is 13.5. The van der Waals surface area contributed by atoms with E-state index in [1.807, 2.05) is 41.5 Å². The molecule has 0 fully saturated rings. The maximum Gasteiger partial charge on any atom is 0.311 e. The van der Waals surface area contributed by atoms with Gasteiger partial charge in [-0.15, -0.1) is 0 Å². The Kier molecular flexibility index (Phi) is 17.6. The van der Waals surface area contributed by atoms with Crippen molar-refractivity contribution in [1.82, 2.24) is 0 Å². The maximum absolute atomic E-state index is 12.0. The van der Waals surface area contributed by atoms with Gasteiger partial charge in [0.2, 0.25) is 0 Å². The van der Waals surface area contributed by atoms with E-state index < -0.39 is 10.8 Å². The van der Waals surface area contributed by atoms with Crippen LogP contribution in [-0.2, 0) is 28.5 Å². The topological polar surface area (TPSA) is 71.1 Å². The molecule has 0 aromatic heterocycles. The van der Waals surface area contributed by atoms with Crippen LogP contribution in [0, 0.1) is 10.8 Å². The van der Waals surface area contributed by atoms with Crippen molar-refractivity contribution in [3.63, 3.8) is 0 Å². The lowest BCUT2D eigenvalue weighted by atomic mass is 9.86. The Hall–Kier alpha value is -1.14. The molecule has 0 saturated carbocycles. The van der Waals surface area contributed by atoms with Gasteiger partial charge in [-0.2, -0.15) is 0 Å². The molecule has 0 aliphatic heterocycles. The van der Waals surface area contributed by atoms with Crippen molar-refractivity contribution < 1.29 is 28.5 Å². The van der Waals surface area contributed by atoms with E-state index in [9.17, 15) is 9.59 Å². The second-order valence-corrected chi connectivity index (χ2v) is 10.7. The van der Waals surface area contributed by atoms with Crippen LogP contribution in [-0.4, -0.2) is 51.6 Å². The number of hydrogen-bond donors (Lipinski definition) is 0. The first-order valence-electron chi connectivity index (χ1n) is 13.5. The number of carbonyl (C=O) groups is 2. The highest BCUT2D eigenvalue weighted by molar-refractivity contribution is 5.76. The summed E-state index contributed by atoms with van der Waals surface area (Å²) in [6.45, 7) is 12.5. The zero-order chi connectivity index (χ0) is 26.0. The number of unbranched alkanes of at least 4 members (excludes halogenated alkanes) is 6. The van der Waals surface area contributed by atoms with Gasteiger partial charge in [-0.3, -0.25) is 9.59 Å². The van der Waals surface area contributed by atoms with Crippen LogP contribution in [0.1, 0.15) is 119 Å². The third-order valence-corrected chi connectivity index (χ3v) is 6.76. The second kappa shape index (κ2) is 18.2. The molecule has 202 valence electrons. The molecule has 0 aromatic carbocycles. The quantitative estimate of drug-likeness (QED) is 0.130. The fraction of sp³-hybridized carbons (Fsp3) is 0.929. The third kappa shape index (κ3) is 13.7. The Bertz CT molecular complexity index is 495. The predicted octanol–water partition coefficient (Wildman–Crippen LogP) is 6.88. The van der Waals surface area contributed by atoms with E-state index in [4.69, 9.17) is 18.9 Å². The Morgan fingerprint density at radius 3 is 1.21 bits per heavy atom. The second-order valence-electron chi connectivity index (χ2n) is 10.7. The van der Waals surface area contributed by atoms with Crippen LogP contribution >= 0.6 is 0 Å². The van der Waals surface area contributed by atoms with Gasteiger partial charge in [0.05, 0.1) is 36.3 Å². The highest BCUT2D eigenvalue weighted by Gasteiger charge is 2.29. The van der Waals surface area contributed by atoms with Crippen molar-refractivity contribution >= 4 is 11.9 Å². The molecular weight excluding hydrogens is 432 g/mol. The fourth-order valence-corrected chi connectivity index (χ4v) is 4.30. The van der Waals surface area contributed by atoms with E-state index in [0.29, 0.717) is 13.2 Å². The van der Waals surface area contributed by atoms with E-state index >= 15 is 0 Å². The predicted molar refractivity (Wildman–Crippen MR) is 138 cm³/mol. The molecule has 2 atom stereocenters. The van der Waals surface area contributed by atoms with Gasteiger partial charge in [-0.05, 0) is 67.2 Å². The van der Waals surface area contributed by atoms with Gasteiger partial charge in [0.25, 0.3) is 0 Å². The average molecular weight is 487 g/mol. The lowest BCUT2D eigenvalue weighted by Gasteiger charge is -2.25. The highest BCUT2D eigenvalue weighted by Crippen LogP contribution is 2.27. The smallest absolute Gasteiger partial charge is 0.311 e. The number of carbonyl (C=O) groups excluding carboxylic acids is 2. The minimum Gasteiger partial charge on any atom is -0.466 e. The summed E-state index contributed by atoms with van der Waals surface area (Å²) >= 11 is 0. The molecular formula is C28H54O6. The van der Waals surface area contributed by atoms with E-state index in [-0.39, 0.29) is 24.1 Å². The molecule has 0 aliphatic carbocycles. The Labute approximate surface area is 209 Å². The van der Waals surface area contributed by atoms with Gasteiger partial charge in [0.1, 0.15) is 0 Å². The zero-order valence-electron chi connectivity index (χ0n) is 23.5. The maximum atomic E-state index is 12.0. The van der Waals surface area contributed by atoms with Gasteiger partial charge >= 0.3 is 11.9 Å². The standard InChI is InChI=1S/C28H54O6/c1-9-33-25(29)27(3,4)21-17-13-11-15-19-23(31-7)24(32-8)20-16-12-14-18-22-28(5,6)26(30)34-10-2/h23-24H,9-22H2,1-8H3/t23-,24+. The first kappa shape index (κ1) is 32.9. The Morgan fingerprint density at radius 1 is 0.588 bits per heavy atom. The third-order valence-electron chi connectivity index (χ3n) is 6.76. The molecule has 0 bridgehead atoms. The van der Waals surface area contributed by atoms with Gasteiger partial charge in [-0.1, -0.05) is 51.4 Å². The molecule has 0 aliphatic rings. The molecule has 34 heavy (non-hydrogen) atoms. The summed E-state index contributed by atoms with van der Waals surface area (Å²) in [5.41, 5.74) is -0.804. The van der Waals surface area contributed by atoms with Crippen LogP contribution in [0.3, 0.4) is 0 Å². The van der Waals surface area contributed by atoms with E-state index in [1.165, 1.54) is 0 Å². The highest BCUT2D eigenvalue weighted by atomic mass is 16.5. The molecule has 0 radical (unpaired) electrons. The Morgan fingerprint density at radius 2 is 0.912 bits per heavy atom. The molecule has 0 rings (SSSR count). The molecule has 6 nitrogen and oxygen atoms in total. The monoisotopic (exact) mass is 486 g/mol. The van der Waals surface area contributed by atoms with Crippen LogP contribution in [0.2, 0.25) is 0 Å². The van der Waals surface area contributed by atoms with Gasteiger partial charge in [-0.25, -0.2) is 0 Å². The van der Waals surface area contributed by atoms with Crippen LogP contribution in [0.4, 0.5) is 0 Å². The van der Waals surface area contributed by atoms with Crippen LogP contribution in [0.5, 0.6) is 0 Å². The van der Waals surface area contributed by atoms with Gasteiger partial charge in [0, 0.05) is 14.2 Å². The van der Waals surface area contributed by atoms with E-state index in [0.717, 1.165) is 77.0 Å². The molecule has 0 spiro atoms. The summed E-state index contributed by atoms with van der Waals surface area (Å²) in [6.07, 6.45) is 12.7. The molecule has 0 heterocycles. The number of rotatable bonds is 21. The minimum absolute atomic E-state index is 0.0971. The molecule has 0 aromatic rings. The zero-order valence-corrected chi connectivity index (χ0v) is 23.5. The summed E-state index contributed by atoms with van der Waals surface area (Å²) in [5, 5.41) is 0. The molecule has 6 heteroatoms. The molecule has 0 saturated heterocycles. The van der Waals surface area contributed by atoms with Gasteiger partial charge in [0.15, 0.2) is 0 Å². The molecule has 0 amide bonds. The summed E-state index contributed by atoms with van der Waals surface area (Å²) in [6, 6.07) is 0. The van der Waals surface area contributed by atoms with Crippen molar-refractivity contribution in [3.05, 3.63) is 0 Å². The minimum atomic E-state index is -0.402. The molecule has 0 unspecified atom stereocenters. The van der Waals surface area contributed by atoms with Crippen LogP contribution in [0.15, 0.2) is 0 Å². The summed E-state index contributed by atoms with van der Waals surface area (Å²) in [5.74, 6) is -0.194. The van der Waals surface area contributed by atoms with Crippen molar-refractivity contribution in [2.45, 2.75) is 131 Å². The van der Waals surface area contributed by atoms with E-state index in [1.54, 1.807) is 14.2 Å². The SMILES string of the molecule is CCOC(=O)C(C)(C)CCCCCC[C@H](OC)[C@@H](CCCCCCC(C)(C)C(=O)OCC)OC. The largest absolute Gasteiger partial charge is 0.466 e. The van der Waals surface area contributed by atoms with Crippen molar-refractivity contribution in [2.75, 3.05) is 27.4 Å². The van der Waals surface area contributed by atoms with Crippen molar-refractivity contribution in [2.24, 2.45) is 10.8 Å². The lowest BCUT2D eigenvalue weighted by molar-refractivity contribution is -0.154. The number of esters is 2. The summed E-state index contributed by atoms with van der Waals surface area (Å²) in [7, 11) is 3.55. The Balaban J connectivity index is 4.11.